The van der Waals surface area contributed by atoms with Crippen molar-refractivity contribution in [1.82, 2.24) is 9.80 Å². The van der Waals surface area contributed by atoms with Gasteiger partial charge < -0.3 is 24.0 Å². The first kappa shape index (κ1) is 27.5. The van der Waals surface area contributed by atoms with E-state index in [1.165, 1.54) is 0 Å². The monoisotopic (exact) mass is 496 g/mol. The second-order valence-electron chi connectivity index (χ2n) is 9.52. The molecule has 3 rings (SSSR count). The molecule has 0 aromatic heterocycles. The molecule has 2 aromatic rings. The first-order valence-corrected chi connectivity index (χ1v) is 12.9. The van der Waals surface area contributed by atoms with Crippen LogP contribution in [0.25, 0.3) is 0 Å². The first-order valence-electron chi connectivity index (χ1n) is 12.9. The summed E-state index contributed by atoms with van der Waals surface area (Å²) in [5, 5.41) is 0. The third kappa shape index (κ3) is 7.47. The van der Waals surface area contributed by atoms with Gasteiger partial charge in [-0.3, -0.25) is 0 Å². The molecule has 2 unspecified atom stereocenters. The SMILES string of the molecule is CCCCOC(C)(Cc1ccc(OCCC2CN(Cc3ccccc3)C(=O)N2C)cc1)C(=O)OCC. The van der Waals surface area contributed by atoms with Crippen molar-refractivity contribution >= 4 is 12.0 Å². The number of amides is 2. The quantitative estimate of drug-likeness (QED) is 0.270. The predicted octanol–water partition coefficient (Wildman–Crippen LogP) is 5.07. The van der Waals surface area contributed by atoms with Crippen LogP contribution in [0.3, 0.4) is 0 Å². The first-order chi connectivity index (χ1) is 17.4. The van der Waals surface area contributed by atoms with Crippen molar-refractivity contribution in [2.45, 2.75) is 64.6 Å². The standard InChI is InChI=1S/C29H40N2O5/c1-5-7-18-36-29(3,27(32)34-6-2)20-23-13-15-26(16-14-23)35-19-17-25-22-31(28(33)30(25)4)21-24-11-9-8-10-12-24/h8-16,25H,5-7,17-22H2,1-4H3. The number of unbranched alkanes of at least 4 members (excludes halogenated alkanes) is 1. The molecule has 36 heavy (non-hydrogen) atoms. The Morgan fingerprint density at radius 2 is 1.75 bits per heavy atom. The summed E-state index contributed by atoms with van der Waals surface area (Å²) in [7, 11) is 1.86. The van der Waals surface area contributed by atoms with E-state index in [2.05, 4.69) is 6.92 Å². The number of hydrogen-bond donors (Lipinski definition) is 0. The van der Waals surface area contributed by atoms with Gasteiger partial charge in [0.1, 0.15) is 5.75 Å². The van der Waals surface area contributed by atoms with Gasteiger partial charge in [0, 0.05) is 39.6 Å². The molecular weight excluding hydrogens is 456 g/mol. The molecule has 7 heteroatoms. The average molecular weight is 497 g/mol. The van der Waals surface area contributed by atoms with Crippen molar-refractivity contribution in [3.63, 3.8) is 0 Å². The molecule has 0 aliphatic carbocycles. The lowest BCUT2D eigenvalue weighted by molar-refractivity contribution is -0.170. The maximum Gasteiger partial charge on any atom is 0.338 e. The van der Waals surface area contributed by atoms with Crippen molar-refractivity contribution in [2.75, 3.05) is 33.4 Å². The fraction of sp³-hybridized carbons (Fsp3) is 0.517. The Morgan fingerprint density at radius 1 is 1.03 bits per heavy atom. The topological polar surface area (TPSA) is 68.3 Å². The Morgan fingerprint density at radius 3 is 2.42 bits per heavy atom. The second kappa shape index (κ2) is 13.3. The molecule has 1 fully saturated rings. The molecule has 7 nitrogen and oxygen atoms in total. The Bertz CT molecular complexity index is 965. The van der Waals surface area contributed by atoms with Crippen LogP contribution in [-0.2, 0) is 27.2 Å². The predicted molar refractivity (Wildman–Crippen MR) is 140 cm³/mol. The van der Waals surface area contributed by atoms with Gasteiger partial charge in [-0.15, -0.1) is 0 Å². The van der Waals surface area contributed by atoms with E-state index >= 15 is 0 Å². The Balaban J connectivity index is 1.50. The van der Waals surface area contributed by atoms with Crippen molar-refractivity contribution in [1.29, 1.82) is 0 Å². The van der Waals surface area contributed by atoms with Gasteiger partial charge in [0.05, 0.1) is 19.3 Å². The van der Waals surface area contributed by atoms with Gasteiger partial charge in [-0.25, -0.2) is 9.59 Å². The number of carbonyl (C=O) groups excluding carboxylic acids is 2. The summed E-state index contributed by atoms with van der Waals surface area (Å²) in [6.45, 7) is 8.36. The lowest BCUT2D eigenvalue weighted by Crippen LogP contribution is -2.42. The summed E-state index contributed by atoms with van der Waals surface area (Å²) < 4.78 is 17.2. The van der Waals surface area contributed by atoms with E-state index in [-0.39, 0.29) is 18.0 Å². The van der Waals surface area contributed by atoms with E-state index < -0.39 is 5.60 Å². The van der Waals surface area contributed by atoms with E-state index in [0.717, 1.165) is 36.1 Å². The second-order valence-corrected chi connectivity index (χ2v) is 9.52. The maximum atomic E-state index is 12.6. The van der Waals surface area contributed by atoms with E-state index in [9.17, 15) is 9.59 Å². The molecule has 2 atom stereocenters. The molecule has 0 N–H and O–H groups in total. The van der Waals surface area contributed by atoms with E-state index in [1.807, 2.05) is 71.4 Å². The number of likely N-dealkylation sites (N-methyl/N-ethyl adjacent to an activating group) is 1. The minimum absolute atomic E-state index is 0.0546. The number of carbonyl (C=O) groups is 2. The van der Waals surface area contributed by atoms with Crippen molar-refractivity contribution in [3.05, 3.63) is 65.7 Å². The maximum absolute atomic E-state index is 12.6. The van der Waals surface area contributed by atoms with Gasteiger partial charge in [0.25, 0.3) is 0 Å². The number of urea groups is 1. The van der Waals surface area contributed by atoms with Gasteiger partial charge in [-0.05, 0) is 43.5 Å². The zero-order valence-corrected chi connectivity index (χ0v) is 22.1. The summed E-state index contributed by atoms with van der Waals surface area (Å²) in [6, 6.07) is 18.0. The highest BCUT2D eigenvalue weighted by Crippen LogP contribution is 2.24. The van der Waals surface area contributed by atoms with Crippen LogP contribution in [-0.4, -0.2) is 66.9 Å². The number of rotatable bonds is 14. The normalized spacial score (nSPS) is 17.2. The third-order valence-electron chi connectivity index (χ3n) is 6.58. The van der Waals surface area contributed by atoms with Crippen molar-refractivity contribution in [3.8, 4) is 5.75 Å². The third-order valence-corrected chi connectivity index (χ3v) is 6.58. The van der Waals surface area contributed by atoms with Crippen LogP contribution in [0.5, 0.6) is 5.75 Å². The summed E-state index contributed by atoms with van der Waals surface area (Å²) in [6.07, 6.45) is 3.08. The Kier molecular flexibility index (Phi) is 10.2. The van der Waals surface area contributed by atoms with Gasteiger partial charge in [0.15, 0.2) is 5.60 Å². The summed E-state index contributed by atoms with van der Waals surface area (Å²) >= 11 is 0. The summed E-state index contributed by atoms with van der Waals surface area (Å²) in [5.74, 6) is 0.426. The molecule has 1 aliphatic heterocycles. The minimum Gasteiger partial charge on any atom is -0.494 e. The highest BCUT2D eigenvalue weighted by molar-refractivity contribution is 5.79. The zero-order chi connectivity index (χ0) is 26.0. The van der Waals surface area contributed by atoms with Crippen LogP contribution in [0.1, 0.15) is 51.2 Å². The van der Waals surface area contributed by atoms with Crippen molar-refractivity contribution in [2.24, 2.45) is 0 Å². The average Bonchev–Trinajstić information content (AvgIpc) is 3.14. The molecule has 2 aromatic carbocycles. The fourth-order valence-electron chi connectivity index (χ4n) is 4.37. The largest absolute Gasteiger partial charge is 0.494 e. The fourth-order valence-corrected chi connectivity index (χ4v) is 4.37. The van der Waals surface area contributed by atoms with Gasteiger partial charge in [-0.1, -0.05) is 55.8 Å². The molecule has 1 saturated heterocycles. The van der Waals surface area contributed by atoms with Crippen LogP contribution in [0.2, 0.25) is 0 Å². The highest BCUT2D eigenvalue weighted by atomic mass is 16.6. The minimum atomic E-state index is -1.02. The number of nitrogens with zero attached hydrogens (tertiary/aromatic N) is 2. The van der Waals surface area contributed by atoms with Crippen LogP contribution in [0.15, 0.2) is 54.6 Å². The molecular formula is C29H40N2O5. The van der Waals surface area contributed by atoms with Crippen LogP contribution < -0.4 is 4.74 Å². The van der Waals surface area contributed by atoms with Crippen LogP contribution in [0, 0.1) is 0 Å². The molecule has 0 spiro atoms. The number of esters is 1. The lowest BCUT2D eigenvalue weighted by Gasteiger charge is -2.28. The number of ether oxygens (including phenoxy) is 3. The van der Waals surface area contributed by atoms with E-state index in [4.69, 9.17) is 14.2 Å². The summed E-state index contributed by atoms with van der Waals surface area (Å²) in [4.78, 5) is 28.9. The van der Waals surface area contributed by atoms with E-state index in [1.54, 1.807) is 13.8 Å². The zero-order valence-electron chi connectivity index (χ0n) is 22.1. The van der Waals surface area contributed by atoms with Gasteiger partial charge in [0.2, 0.25) is 0 Å². The molecule has 1 aliphatic rings. The number of benzene rings is 2. The molecule has 2 amide bonds. The molecule has 196 valence electrons. The van der Waals surface area contributed by atoms with Crippen LogP contribution >= 0.6 is 0 Å². The Labute approximate surface area is 215 Å². The number of hydrogen-bond acceptors (Lipinski definition) is 5. The molecule has 0 radical (unpaired) electrons. The summed E-state index contributed by atoms with van der Waals surface area (Å²) in [5.41, 5.74) is 1.09. The molecule has 0 saturated carbocycles. The smallest absolute Gasteiger partial charge is 0.338 e. The molecule has 1 heterocycles. The van der Waals surface area contributed by atoms with Crippen molar-refractivity contribution < 1.29 is 23.8 Å². The lowest BCUT2D eigenvalue weighted by atomic mass is 9.96. The van der Waals surface area contributed by atoms with Gasteiger partial charge >= 0.3 is 12.0 Å². The molecule has 0 bridgehead atoms. The van der Waals surface area contributed by atoms with Gasteiger partial charge in [-0.2, -0.15) is 0 Å². The Hall–Kier alpha value is -3.06. The highest BCUT2D eigenvalue weighted by Gasteiger charge is 2.36. The van der Waals surface area contributed by atoms with Crippen LogP contribution in [0.4, 0.5) is 4.79 Å². The van der Waals surface area contributed by atoms with E-state index in [0.29, 0.717) is 39.3 Å².